The van der Waals surface area contributed by atoms with E-state index in [1.807, 2.05) is 18.7 Å². The molecule has 2 aromatic rings. The number of aryl methyl sites for hydroxylation is 1. The Morgan fingerprint density at radius 1 is 1.23 bits per heavy atom. The van der Waals surface area contributed by atoms with E-state index >= 15 is 0 Å². The van der Waals surface area contributed by atoms with Crippen molar-refractivity contribution in [2.75, 3.05) is 16.4 Å². The zero-order chi connectivity index (χ0) is 22.1. The molecule has 0 bridgehead atoms. The summed E-state index contributed by atoms with van der Waals surface area (Å²) in [5.74, 6) is -0.704. The number of nitrogens with zero attached hydrogens (tertiary/aromatic N) is 2. The largest absolute Gasteiger partial charge is 0.494 e. The first kappa shape index (κ1) is 21.0. The third kappa shape index (κ3) is 4.03. The SMILES string of the molecule is CCOc1ccc(N2C(=O)/C(=C\N3c4ccc(F)cc4CCC3C)C(=O)NC2=S)cc1. The number of fused-ring (bicyclic) bond motifs is 1. The summed E-state index contributed by atoms with van der Waals surface area (Å²) in [5, 5.41) is 2.62. The van der Waals surface area contributed by atoms with Crippen LogP contribution in [0.25, 0.3) is 0 Å². The zero-order valence-electron chi connectivity index (χ0n) is 17.2. The summed E-state index contributed by atoms with van der Waals surface area (Å²) in [6.45, 7) is 4.42. The first-order valence-electron chi connectivity index (χ1n) is 10.1. The molecule has 2 heterocycles. The van der Waals surface area contributed by atoms with Gasteiger partial charge in [-0.1, -0.05) is 0 Å². The van der Waals surface area contributed by atoms with E-state index in [4.69, 9.17) is 17.0 Å². The molecular formula is C23H22FN3O3S. The molecule has 31 heavy (non-hydrogen) atoms. The Bertz CT molecular complexity index is 1080. The molecule has 1 saturated heterocycles. The van der Waals surface area contributed by atoms with E-state index in [0.29, 0.717) is 18.0 Å². The van der Waals surface area contributed by atoms with Gasteiger partial charge in [0.2, 0.25) is 0 Å². The molecule has 0 aromatic heterocycles. The van der Waals surface area contributed by atoms with Gasteiger partial charge in [0.25, 0.3) is 11.8 Å². The molecule has 2 aromatic carbocycles. The van der Waals surface area contributed by atoms with Crippen molar-refractivity contribution in [3.05, 3.63) is 65.6 Å². The number of hydrogen-bond donors (Lipinski definition) is 1. The maximum absolute atomic E-state index is 13.7. The van der Waals surface area contributed by atoms with E-state index in [1.54, 1.807) is 36.5 Å². The van der Waals surface area contributed by atoms with Crippen molar-refractivity contribution in [3.8, 4) is 5.75 Å². The predicted octanol–water partition coefficient (Wildman–Crippen LogP) is 3.70. The fraction of sp³-hybridized carbons (Fsp3) is 0.261. The van der Waals surface area contributed by atoms with Gasteiger partial charge in [0, 0.05) is 17.9 Å². The Hall–Kier alpha value is -3.26. The highest BCUT2D eigenvalue weighted by atomic mass is 32.1. The van der Waals surface area contributed by atoms with Crippen molar-refractivity contribution in [2.45, 2.75) is 32.7 Å². The summed E-state index contributed by atoms with van der Waals surface area (Å²) in [6.07, 6.45) is 3.05. The van der Waals surface area contributed by atoms with Gasteiger partial charge in [-0.05, 0) is 86.9 Å². The zero-order valence-corrected chi connectivity index (χ0v) is 18.0. The Morgan fingerprint density at radius 3 is 2.68 bits per heavy atom. The van der Waals surface area contributed by atoms with Crippen LogP contribution in [0, 0.1) is 5.82 Å². The third-order valence-corrected chi connectivity index (χ3v) is 5.69. The molecule has 0 saturated carbocycles. The second-order valence-electron chi connectivity index (χ2n) is 7.44. The molecule has 8 heteroatoms. The van der Waals surface area contributed by atoms with Crippen LogP contribution in [-0.4, -0.2) is 29.6 Å². The maximum atomic E-state index is 13.7. The van der Waals surface area contributed by atoms with Crippen molar-refractivity contribution in [1.82, 2.24) is 5.32 Å². The number of anilines is 2. The molecular weight excluding hydrogens is 417 g/mol. The number of rotatable bonds is 4. The van der Waals surface area contributed by atoms with E-state index in [1.165, 1.54) is 17.0 Å². The minimum Gasteiger partial charge on any atom is -0.494 e. The second-order valence-corrected chi connectivity index (χ2v) is 7.82. The maximum Gasteiger partial charge on any atom is 0.271 e. The van der Waals surface area contributed by atoms with Crippen LogP contribution in [0.5, 0.6) is 5.75 Å². The Morgan fingerprint density at radius 2 is 1.97 bits per heavy atom. The summed E-state index contributed by atoms with van der Waals surface area (Å²) in [5.41, 5.74) is 2.12. The summed E-state index contributed by atoms with van der Waals surface area (Å²) in [4.78, 5) is 29.1. The lowest BCUT2D eigenvalue weighted by molar-refractivity contribution is -0.122. The minimum absolute atomic E-state index is 0.0190. The number of nitrogens with one attached hydrogen (secondary N) is 1. The highest BCUT2D eigenvalue weighted by molar-refractivity contribution is 7.80. The van der Waals surface area contributed by atoms with Gasteiger partial charge in [0.15, 0.2) is 5.11 Å². The van der Waals surface area contributed by atoms with E-state index < -0.39 is 11.8 Å². The van der Waals surface area contributed by atoms with Gasteiger partial charge in [0.1, 0.15) is 17.1 Å². The van der Waals surface area contributed by atoms with Crippen LogP contribution < -0.4 is 19.9 Å². The van der Waals surface area contributed by atoms with Gasteiger partial charge in [-0.15, -0.1) is 0 Å². The van der Waals surface area contributed by atoms with E-state index in [2.05, 4.69) is 5.32 Å². The molecule has 1 atom stereocenters. The van der Waals surface area contributed by atoms with Gasteiger partial charge < -0.3 is 9.64 Å². The first-order valence-corrected chi connectivity index (χ1v) is 10.5. The number of amides is 2. The molecule has 1 fully saturated rings. The molecule has 160 valence electrons. The standard InChI is InChI=1S/C23H22FN3O3S/c1-3-30-18-9-7-17(8-10-18)27-22(29)19(21(28)25-23(27)31)13-26-14(2)4-5-15-12-16(24)6-11-20(15)26/h6-14H,3-5H2,1-2H3,(H,25,28,31)/b19-13-. The van der Waals surface area contributed by atoms with Crippen LogP contribution in [0.1, 0.15) is 25.8 Å². The molecule has 1 unspecified atom stereocenters. The molecule has 0 radical (unpaired) electrons. The van der Waals surface area contributed by atoms with Crippen LogP contribution in [-0.2, 0) is 16.0 Å². The predicted molar refractivity (Wildman–Crippen MR) is 121 cm³/mol. The van der Waals surface area contributed by atoms with E-state index in [0.717, 1.165) is 24.1 Å². The van der Waals surface area contributed by atoms with Crippen LogP contribution in [0.15, 0.2) is 54.2 Å². The molecule has 0 aliphatic carbocycles. The third-order valence-electron chi connectivity index (χ3n) is 5.40. The lowest BCUT2D eigenvalue weighted by atomic mass is 9.96. The highest BCUT2D eigenvalue weighted by Crippen LogP contribution is 2.33. The van der Waals surface area contributed by atoms with E-state index in [9.17, 15) is 14.0 Å². The van der Waals surface area contributed by atoms with Crippen LogP contribution >= 0.6 is 12.2 Å². The first-order chi connectivity index (χ1) is 14.9. The Balaban J connectivity index is 1.70. The summed E-state index contributed by atoms with van der Waals surface area (Å²) in [6, 6.07) is 11.5. The average molecular weight is 440 g/mol. The molecule has 2 aliphatic heterocycles. The Labute approximate surface area is 185 Å². The summed E-state index contributed by atoms with van der Waals surface area (Å²) < 4.78 is 19.1. The van der Waals surface area contributed by atoms with E-state index in [-0.39, 0.29) is 22.5 Å². The number of carbonyl (C=O) groups excluding carboxylic acids is 2. The van der Waals surface area contributed by atoms with Crippen molar-refractivity contribution < 1.29 is 18.7 Å². The van der Waals surface area contributed by atoms with Crippen LogP contribution in [0.4, 0.5) is 15.8 Å². The van der Waals surface area contributed by atoms with Crippen molar-refractivity contribution in [3.63, 3.8) is 0 Å². The number of halogens is 1. The molecule has 4 rings (SSSR count). The summed E-state index contributed by atoms with van der Waals surface area (Å²) >= 11 is 5.26. The smallest absolute Gasteiger partial charge is 0.271 e. The van der Waals surface area contributed by atoms with Crippen molar-refractivity contribution in [1.29, 1.82) is 0 Å². The summed E-state index contributed by atoms with van der Waals surface area (Å²) in [7, 11) is 0. The number of carbonyl (C=O) groups is 2. The van der Waals surface area contributed by atoms with Gasteiger partial charge in [-0.25, -0.2) is 4.39 Å². The number of ether oxygens (including phenoxy) is 1. The molecule has 6 nitrogen and oxygen atoms in total. The lowest BCUT2D eigenvalue weighted by Gasteiger charge is -2.36. The minimum atomic E-state index is -0.557. The number of thiocarbonyl (C=S) groups is 1. The Kier molecular flexibility index (Phi) is 5.73. The van der Waals surface area contributed by atoms with Crippen LogP contribution in [0.3, 0.4) is 0 Å². The van der Waals surface area contributed by atoms with Gasteiger partial charge in [-0.2, -0.15) is 0 Å². The number of hydrogen-bond acceptors (Lipinski definition) is 5. The topological polar surface area (TPSA) is 61.9 Å². The average Bonchev–Trinajstić information content (AvgIpc) is 2.73. The quantitative estimate of drug-likeness (QED) is 0.447. The lowest BCUT2D eigenvalue weighted by Crippen LogP contribution is -2.55. The van der Waals surface area contributed by atoms with Gasteiger partial charge >= 0.3 is 0 Å². The molecule has 2 aliphatic rings. The second kappa shape index (κ2) is 8.47. The molecule has 2 amide bonds. The van der Waals surface area contributed by atoms with Crippen molar-refractivity contribution >= 4 is 40.5 Å². The molecule has 0 spiro atoms. The number of benzene rings is 2. The highest BCUT2D eigenvalue weighted by Gasteiger charge is 2.36. The van der Waals surface area contributed by atoms with Gasteiger partial charge in [0.05, 0.1) is 12.3 Å². The molecule has 1 N–H and O–H groups in total. The van der Waals surface area contributed by atoms with Crippen molar-refractivity contribution in [2.24, 2.45) is 0 Å². The monoisotopic (exact) mass is 439 g/mol. The van der Waals surface area contributed by atoms with Crippen LogP contribution in [0.2, 0.25) is 0 Å². The normalized spacial score (nSPS) is 20.0. The van der Waals surface area contributed by atoms with Gasteiger partial charge in [-0.3, -0.25) is 19.8 Å². The fourth-order valence-electron chi connectivity index (χ4n) is 3.82. The fourth-order valence-corrected chi connectivity index (χ4v) is 4.10.